The normalized spacial score (nSPS) is 13.6. The topological polar surface area (TPSA) is 117 Å². The van der Waals surface area contributed by atoms with E-state index in [1.807, 2.05) is 0 Å². The first-order valence-electron chi connectivity index (χ1n) is 27.1. The molecule has 0 aliphatic rings. The molecule has 0 fully saturated rings. The van der Waals surface area contributed by atoms with Crippen molar-refractivity contribution in [3.8, 4) is 0 Å². The number of hydrogen-bond donors (Lipinski definition) is 2. The molecule has 2 unspecified atom stereocenters. The molecule has 0 amide bonds. The lowest BCUT2D eigenvalue weighted by atomic mass is 10.0. The van der Waals surface area contributed by atoms with Crippen molar-refractivity contribution >= 4 is 13.8 Å². The molecule has 0 aromatic heterocycles. The van der Waals surface area contributed by atoms with E-state index in [9.17, 15) is 14.3 Å². The van der Waals surface area contributed by atoms with Gasteiger partial charge in [-0.2, -0.15) is 0 Å². The van der Waals surface area contributed by atoms with E-state index >= 15 is 0 Å². The van der Waals surface area contributed by atoms with Crippen molar-refractivity contribution in [3.05, 3.63) is 48.6 Å². The fraction of sp³-hybridized carbons (Fsp3) is 0.836. The zero-order valence-electron chi connectivity index (χ0n) is 42.0. The van der Waals surface area contributed by atoms with Gasteiger partial charge >= 0.3 is 13.8 Å². The van der Waals surface area contributed by atoms with E-state index in [0.29, 0.717) is 13.0 Å². The molecule has 0 saturated carbocycles. The lowest BCUT2D eigenvalue weighted by Gasteiger charge is -2.20. The van der Waals surface area contributed by atoms with Gasteiger partial charge in [-0.15, -0.1) is 0 Å². The van der Waals surface area contributed by atoms with E-state index in [0.717, 1.165) is 57.8 Å². The quantitative estimate of drug-likeness (QED) is 0.0268. The minimum atomic E-state index is -4.28. The summed E-state index contributed by atoms with van der Waals surface area (Å²) < 4.78 is 33.7. The van der Waals surface area contributed by atoms with Crippen LogP contribution < -0.4 is 5.73 Å². The number of esters is 1. The third kappa shape index (κ3) is 51.4. The molecule has 0 radical (unpaired) electrons. The standard InChI is InChI=1S/C55H104NO7P/c1-3-5-7-9-11-13-15-17-19-21-23-24-25-26-27-28-29-31-33-35-37-39-41-43-45-47-50-60-52-54(53-62-64(58,59)61-51-49-56)63-55(57)48-46-44-42-40-38-36-34-32-30-22-20-18-16-14-12-10-8-6-4-2/h5,7,11,13,17,19,23-24,54H,3-4,6,8-10,12,14-16,18,20-22,25-53,56H2,1-2H3,(H,58,59)/b7-5-,13-11-,19-17-,24-23-. The number of phosphoric ester groups is 1. The molecule has 8 nitrogen and oxygen atoms in total. The van der Waals surface area contributed by atoms with Crippen molar-refractivity contribution in [1.29, 1.82) is 0 Å². The number of rotatable bonds is 52. The van der Waals surface area contributed by atoms with Crippen LogP contribution in [0.2, 0.25) is 0 Å². The summed E-state index contributed by atoms with van der Waals surface area (Å²) in [4.78, 5) is 22.6. The summed E-state index contributed by atoms with van der Waals surface area (Å²) >= 11 is 0. The van der Waals surface area contributed by atoms with Crippen LogP contribution in [0.15, 0.2) is 48.6 Å². The summed E-state index contributed by atoms with van der Waals surface area (Å²) in [7, 11) is -4.28. The molecule has 3 N–H and O–H groups in total. The van der Waals surface area contributed by atoms with Gasteiger partial charge < -0.3 is 20.1 Å². The molecule has 2 atom stereocenters. The van der Waals surface area contributed by atoms with E-state index in [2.05, 4.69) is 62.5 Å². The second-order valence-electron chi connectivity index (χ2n) is 18.1. The minimum Gasteiger partial charge on any atom is -0.457 e. The summed E-state index contributed by atoms with van der Waals surface area (Å²) in [6.45, 7) is 4.86. The van der Waals surface area contributed by atoms with Crippen molar-refractivity contribution in [2.75, 3.05) is 33.0 Å². The minimum absolute atomic E-state index is 0.0945. The van der Waals surface area contributed by atoms with Crippen molar-refractivity contribution in [1.82, 2.24) is 0 Å². The molecule has 0 heterocycles. The van der Waals surface area contributed by atoms with Crippen LogP contribution in [0.1, 0.15) is 258 Å². The lowest BCUT2D eigenvalue weighted by Crippen LogP contribution is -2.28. The molecule has 0 aromatic carbocycles. The zero-order chi connectivity index (χ0) is 46.5. The Balaban J connectivity index is 3.88. The van der Waals surface area contributed by atoms with Gasteiger partial charge in [-0.3, -0.25) is 13.8 Å². The van der Waals surface area contributed by atoms with Crippen LogP contribution in [-0.2, 0) is 27.9 Å². The van der Waals surface area contributed by atoms with Gasteiger partial charge in [0.2, 0.25) is 0 Å². The number of phosphoric acid groups is 1. The molecular formula is C55H104NO7P. The number of carbonyl (C=O) groups is 1. The van der Waals surface area contributed by atoms with E-state index in [4.69, 9.17) is 24.3 Å². The van der Waals surface area contributed by atoms with Gasteiger partial charge in [0.1, 0.15) is 6.10 Å². The van der Waals surface area contributed by atoms with E-state index in [-0.39, 0.29) is 32.3 Å². The Morgan fingerprint density at radius 1 is 0.484 bits per heavy atom. The number of hydrogen-bond acceptors (Lipinski definition) is 7. The van der Waals surface area contributed by atoms with Gasteiger partial charge in [0, 0.05) is 19.6 Å². The highest BCUT2D eigenvalue weighted by molar-refractivity contribution is 7.47. The van der Waals surface area contributed by atoms with Crippen molar-refractivity contribution < 1.29 is 32.8 Å². The highest BCUT2D eigenvalue weighted by Crippen LogP contribution is 2.43. The Bertz CT molecular complexity index is 1130. The Morgan fingerprint density at radius 2 is 0.875 bits per heavy atom. The average Bonchev–Trinajstić information content (AvgIpc) is 3.29. The smallest absolute Gasteiger partial charge is 0.457 e. The molecular weight excluding hydrogens is 818 g/mol. The maximum Gasteiger partial charge on any atom is 0.472 e. The zero-order valence-corrected chi connectivity index (χ0v) is 42.9. The van der Waals surface area contributed by atoms with Crippen LogP contribution in [0.25, 0.3) is 0 Å². The molecule has 0 aliphatic carbocycles. The fourth-order valence-corrected chi connectivity index (χ4v) is 8.58. The largest absolute Gasteiger partial charge is 0.472 e. The van der Waals surface area contributed by atoms with Crippen LogP contribution in [-0.4, -0.2) is 49.9 Å². The van der Waals surface area contributed by atoms with Crippen LogP contribution in [0.3, 0.4) is 0 Å². The summed E-state index contributed by atoms with van der Waals surface area (Å²) in [5.74, 6) is -0.326. The molecule has 0 rings (SSSR count). The molecule has 0 aliphatic heterocycles. The Morgan fingerprint density at radius 3 is 1.31 bits per heavy atom. The predicted octanol–water partition coefficient (Wildman–Crippen LogP) is 17.1. The van der Waals surface area contributed by atoms with Crippen molar-refractivity contribution in [3.63, 3.8) is 0 Å². The Kier molecular flexibility index (Phi) is 51.2. The monoisotopic (exact) mass is 922 g/mol. The Labute approximate surface area is 396 Å². The molecule has 0 saturated heterocycles. The number of carbonyl (C=O) groups excluding carboxylic acids is 1. The number of allylic oxidation sites excluding steroid dienone is 8. The molecule has 0 bridgehead atoms. The fourth-order valence-electron chi connectivity index (χ4n) is 7.81. The van der Waals surface area contributed by atoms with Crippen LogP contribution in [0.4, 0.5) is 0 Å². The SMILES string of the molecule is CC/C=C\C/C=C\C/C=C\C/C=C\CCCCCCCCCCCCCCCOCC(COP(=O)(O)OCCN)OC(=O)CCCCCCCCCCCCCCCCCCCCC. The molecule has 64 heavy (non-hydrogen) atoms. The van der Waals surface area contributed by atoms with Gasteiger partial charge in [0.15, 0.2) is 0 Å². The summed E-state index contributed by atoms with van der Waals surface area (Å²) in [6.07, 6.45) is 64.4. The maximum absolute atomic E-state index is 12.7. The number of unbranched alkanes of at least 4 members (excludes halogenated alkanes) is 31. The van der Waals surface area contributed by atoms with E-state index in [1.54, 1.807) is 0 Å². The average molecular weight is 922 g/mol. The highest BCUT2D eigenvalue weighted by atomic mass is 31.2. The van der Waals surface area contributed by atoms with Crippen molar-refractivity contribution in [2.45, 2.75) is 264 Å². The van der Waals surface area contributed by atoms with Gasteiger partial charge in [0.25, 0.3) is 0 Å². The summed E-state index contributed by atoms with van der Waals surface area (Å²) in [5.41, 5.74) is 5.40. The highest BCUT2D eigenvalue weighted by Gasteiger charge is 2.25. The number of ether oxygens (including phenoxy) is 2. The first kappa shape index (κ1) is 62.5. The summed E-state index contributed by atoms with van der Waals surface area (Å²) in [6, 6.07) is 0. The predicted molar refractivity (Wildman–Crippen MR) is 275 cm³/mol. The van der Waals surface area contributed by atoms with E-state index < -0.39 is 13.9 Å². The van der Waals surface area contributed by atoms with Crippen LogP contribution in [0, 0.1) is 0 Å². The second-order valence-corrected chi connectivity index (χ2v) is 19.5. The molecule has 0 spiro atoms. The third-order valence-electron chi connectivity index (χ3n) is 11.8. The molecule has 376 valence electrons. The van der Waals surface area contributed by atoms with E-state index in [1.165, 1.54) is 180 Å². The van der Waals surface area contributed by atoms with Crippen molar-refractivity contribution in [2.24, 2.45) is 5.73 Å². The number of nitrogens with two attached hydrogens (primary N) is 1. The lowest BCUT2D eigenvalue weighted by molar-refractivity contribution is -0.154. The Hall–Kier alpha value is -1.54. The third-order valence-corrected chi connectivity index (χ3v) is 12.7. The van der Waals surface area contributed by atoms with Crippen LogP contribution >= 0.6 is 7.82 Å². The van der Waals surface area contributed by atoms with Gasteiger partial charge in [-0.05, 0) is 51.4 Å². The van der Waals surface area contributed by atoms with Gasteiger partial charge in [0.05, 0.1) is 19.8 Å². The first-order chi connectivity index (χ1) is 31.4. The molecule has 0 aromatic rings. The van der Waals surface area contributed by atoms with Crippen LogP contribution in [0.5, 0.6) is 0 Å². The first-order valence-corrected chi connectivity index (χ1v) is 28.6. The van der Waals surface area contributed by atoms with Gasteiger partial charge in [-0.25, -0.2) is 4.57 Å². The van der Waals surface area contributed by atoms with Gasteiger partial charge in [-0.1, -0.05) is 249 Å². The molecule has 9 heteroatoms. The second kappa shape index (κ2) is 52.4. The maximum atomic E-state index is 12.7. The summed E-state index contributed by atoms with van der Waals surface area (Å²) in [5, 5.41) is 0.